The highest BCUT2D eigenvalue weighted by molar-refractivity contribution is 5.92. The van der Waals surface area contributed by atoms with E-state index in [4.69, 9.17) is 10.1 Å². The number of amides is 1. The number of fused-ring (bicyclic) bond motifs is 1. The number of carbonyl (C=O) groups is 1. The minimum Gasteiger partial charge on any atom is -0.337 e. The number of piperidine rings is 1. The molecule has 1 saturated heterocycles. The fourth-order valence-corrected chi connectivity index (χ4v) is 3.85. The van der Waals surface area contributed by atoms with Crippen LogP contribution in [-0.2, 0) is 7.05 Å². The summed E-state index contributed by atoms with van der Waals surface area (Å²) in [6.45, 7) is 1.36. The fraction of sp³-hybridized carbons (Fsp3) is 0.286. The third-order valence-electron chi connectivity index (χ3n) is 5.37. The van der Waals surface area contributed by atoms with Crippen LogP contribution in [0.4, 0.5) is 0 Å². The van der Waals surface area contributed by atoms with E-state index in [2.05, 4.69) is 10.1 Å². The van der Waals surface area contributed by atoms with Crippen LogP contribution in [-0.4, -0.2) is 53.3 Å². The third kappa shape index (κ3) is 3.37. The molecule has 0 radical (unpaired) electrons. The van der Waals surface area contributed by atoms with Crippen LogP contribution in [0.1, 0.15) is 35.1 Å². The summed E-state index contributed by atoms with van der Waals surface area (Å²) in [4.78, 5) is 23.4. The molecule has 1 fully saturated rings. The Bertz CT molecular complexity index is 1160. The van der Waals surface area contributed by atoms with Crippen LogP contribution < -0.4 is 0 Å². The SMILES string of the molecule is Cn1ccc(C(=O)N2CCC[C@H](c3nc4ccc(-c5ccncc5)cn4n3)C2)n1. The van der Waals surface area contributed by atoms with E-state index in [0.29, 0.717) is 12.2 Å². The van der Waals surface area contributed by atoms with E-state index in [0.717, 1.165) is 42.0 Å². The van der Waals surface area contributed by atoms with Gasteiger partial charge in [-0.25, -0.2) is 9.50 Å². The number of hydrogen-bond acceptors (Lipinski definition) is 5. The summed E-state index contributed by atoms with van der Waals surface area (Å²) < 4.78 is 3.48. The average molecular weight is 387 g/mol. The van der Waals surface area contributed by atoms with Crippen LogP contribution in [0.25, 0.3) is 16.8 Å². The minimum atomic E-state index is -0.0287. The van der Waals surface area contributed by atoms with Gasteiger partial charge >= 0.3 is 0 Å². The van der Waals surface area contributed by atoms with Crippen molar-refractivity contribution in [3.05, 3.63) is 66.6 Å². The number of nitrogens with zero attached hydrogens (tertiary/aromatic N) is 7. The molecule has 0 unspecified atom stereocenters. The number of likely N-dealkylation sites (tertiary alicyclic amines) is 1. The summed E-state index contributed by atoms with van der Waals surface area (Å²) in [5, 5.41) is 8.97. The normalized spacial score (nSPS) is 17.0. The molecule has 1 atom stereocenters. The molecular formula is C21H21N7O. The molecule has 0 aromatic carbocycles. The predicted octanol–water partition coefficient (Wildman–Crippen LogP) is 2.54. The van der Waals surface area contributed by atoms with Gasteiger partial charge in [0, 0.05) is 56.4 Å². The van der Waals surface area contributed by atoms with Gasteiger partial charge in [-0.3, -0.25) is 14.5 Å². The number of pyridine rings is 2. The summed E-state index contributed by atoms with van der Waals surface area (Å²) in [5.41, 5.74) is 3.44. The van der Waals surface area contributed by atoms with E-state index in [-0.39, 0.29) is 11.8 Å². The monoisotopic (exact) mass is 387 g/mol. The van der Waals surface area contributed by atoms with Crippen LogP contribution in [0, 0.1) is 0 Å². The first-order valence-corrected chi connectivity index (χ1v) is 9.73. The molecule has 8 heteroatoms. The number of hydrogen-bond donors (Lipinski definition) is 0. The lowest BCUT2D eigenvalue weighted by atomic mass is 9.97. The minimum absolute atomic E-state index is 0.0287. The van der Waals surface area contributed by atoms with Gasteiger partial charge in [-0.15, -0.1) is 0 Å². The maximum atomic E-state index is 12.8. The second-order valence-electron chi connectivity index (χ2n) is 7.39. The maximum Gasteiger partial charge on any atom is 0.274 e. The molecule has 0 aliphatic carbocycles. The van der Waals surface area contributed by atoms with Gasteiger partial charge in [0.15, 0.2) is 11.5 Å². The summed E-state index contributed by atoms with van der Waals surface area (Å²) in [6, 6.07) is 9.73. The zero-order chi connectivity index (χ0) is 19.8. The third-order valence-corrected chi connectivity index (χ3v) is 5.37. The fourth-order valence-electron chi connectivity index (χ4n) is 3.85. The van der Waals surface area contributed by atoms with Crippen molar-refractivity contribution in [3.8, 4) is 11.1 Å². The van der Waals surface area contributed by atoms with E-state index < -0.39 is 0 Å². The van der Waals surface area contributed by atoms with Gasteiger partial charge in [0.25, 0.3) is 5.91 Å². The van der Waals surface area contributed by atoms with Gasteiger partial charge in [-0.2, -0.15) is 10.2 Å². The molecule has 1 aliphatic rings. The summed E-state index contributed by atoms with van der Waals surface area (Å²) in [7, 11) is 1.82. The highest BCUT2D eigenvalue weighted by atomic mass is 16.2. The summed E-state index contributed by atoms with van der Waals surface area (Å²) in [6.07, 6.45) is 9.24. The number of rotatable bonds is 3. The molecule has 0 bridgehead atoms. The quantitative estimate of drug-likeness (QED) is 0.540. The molecular weight excluding hydrogens is 366 g/mol. The Labute approximate surface area is 167 Å². The highest BCUT2D eigenvalue weighted by Crippen LogP contribution is 2.27. The van der Waals surface area contributed by atoms with Crippen LogP contribution >= 0.6 is 0 Å². The molecule has 8 nitrogen and oxygen atoms in total. The van der Waals surface area contributed by atoms with Gasteiger partial charge in [-0.05, 0) is 48.7 Å². The molecule has 0 spiro atoms. The standard InChI is InChI=1S/C21H21N7O/c1-26-12-8-18(24-26)21(29)27-11-2-3-17(13-27)20-23-19-5-4-16(14-28(19)25-20)15-6-9-22-10-7-15/h4-10,12,14,17H,2-3,11,13H2,1H3/t17-/m0/s1. The Hall–Kier alpha value is -3.55. The average Bonchev–Trinajstić information content (AvgIpc) is 3.39. The molecule has 146 valence electrons. The van der Waals surface area contributed by atoms with Crippen molar-refractivity contribution in [1.29, 1.82) is 0 Å². The van der Waals surface area contributed by atoms with Gasteiger partial charge in [0.05, 0.1) is 0 Å². The highest BCUT2D eigenvalue weighted by Gasteiger charge is 2.29. The van der Waals surface area contributed by atoms with Crippen molar-refractivity contribution in [2.45, 2.75) is 18.8 Å². The Morgan fingerprint density at radius 2 is 1.93 bits per heavy atom. The van der Waals surface area contributed by atoms with Crippen molar-refractivity contribution in [3.63, 3.8) is 0 Å². The molecule has 5 heterocycles. The Morgan fingerprint density at radius 3 is 2.72 bits per heavy atom. The lowest BCUT2D eigenvalue weighted by Gasteiger charge is -2.30. The molecule has 4 aromatic heterocycles. The van der Waals surface area contributed by atoms with Gasteiger partial charge in [0.2, 0.25) is 0 Å². The largest absolute Gasteiger partial charge is 0.337 e. The Morgan fingerprint density at radius 1 is 1.07 bits per heavy atom. The van der Waals surface area contributed by atoms with Crippen molar-refractivity contribution in [1.82, 2.24) is 34.3 Å². The summed E-state index contributed by atoms with van der Waals surface area (Å²) in [5.74, 6) is 0.884. The van der Waals surface area contributed by atoms with E-state index >= 15 is 0 Å². The molecule has 0 saturated carbocycles. The summed E-state index contributed by atoms with van der Waals surface area (Å²) >= 11 is 0. The number of aryl methyl sites for hydroxylation is 1. The molecule has 4 aromatic rings. The zero-order valence-electron chi connectivity index (χ0n) is 16.1. The van der Waals surface area contributed by atoms with Gasteiger partial charge in [-0.1, -0.05) is 0 Å². The molecule has 1 amide bonds. The molecule has 5 rings (SSSR count). The number of carbonyl (C=O) groups excluding carboxylic acids is 1. The van der Waals surface area contributed by atoms with Crippen molar-refractivity contribution in [2.75, 3.05) is 13.1 Å². The molecule has 1 aliphatic heterocycles. The van der Waals surface area contributed by atoms with E-state index in [1.54, 1.807) is 29.3 Å². The lowest BCUT2D eigenvalue weighted by molar-refractivity contribution is 0.0698. The van der Waals surface area contributed by atoms with Crippen molar-refractivity contribution < 1.29 is 4.79 Å². The predicted molar refractivity (Wildman–Crippen MR) is 107 cm³/mol. The second kappa shape index (κ2) is 7.12. The Balaban J connectivity index is 1.39. The van der Waals surface area contributed by atoms with Crippen molar-refractivity contribution in [2.24, 2.45) is 7.05 Å². The van der Waals surface area contributed by atoms with Crippen LogP contribution in [0.2, 0.25) is 0 Å². The lowest BCUT2D eigenvalue weighted by Crippen LogP contribution is -2.39. The van der Waals surface area contributed by atoms with Crippen LogP contribution in [0.15, 0.2) is 55.1 Å². The smallest absolute Gasteiger partial charge is 0.274 e. The first-order chi connectivity index (χ1) is 14.2. The first kappa shape index (κ1) is 17.5. The van der Waals surface area contributed by atoms with Gasteiger partial charge < -0.3 is 4.90 Å². The topological polar surface area (TPSA) is 81.2 Å². The maximum absolute atomic E-state index is 12.8. The molecule has 0 N–H and O–H groups in total. The van der Waals surface area contributed by atoms with Crippen molar-refractivity contribution >= 4 is 11.6 Å². The number of aromatic nitrogens is 6. The first-order valence-electron chi connectivity index (χ1n) is 9.73. The van der Waals surface area contributed by atoms with Gasteiger partial charge in [0.1, 0.15) is 5.69 Å². The van der Waals surface area contributed by atoms with E-state index in [9.17, 15) is 4.79 Å². The van der Waals surface area contributed by atoms with Crippen LogP contribution in [0.5, 0.6) is 0 Å². The van der Waals surface area contributed by atoms with Crippen LogP contribution in [0.3, 0.4) is 0 Å². The van der Waals surface area contributed by atoms with E-state index in [1.807, 2.05) is 46.9 Å². The van der Waals surface area contributed by atoms with E-state index in [1.165, 1.54) is 0 Å². The Kier molecular flexibility index (Phi) is 4.31. The molecule has 29 heavy (non-hydrogen) atoms. The second-order valence-corrected chi connectivity index (χ2v) is 7.39. The zero-order valence-corrected chi connectivity index (χ0v) is 16.1.